The summed E-state index contributed by atoms with van der Waals surface area (Å²) in [7, 11) is 0. The van der Waals surface area contributed by atoms with E-state index >= 15 is 0 Å². The molecule has 5 heteroatoms. The van der Waals surface area contributed by atoms with Crippen LogP contribution in [0.25, 0.3) is 0 Å². The smallest absolute Gasteiger partial charge is 0.216 e. The van der Waals surface area contributed by atoms with E-state index < -0.39 is 0 Å². The molecule has 106 valence electrons. The van der Waals surface area contributed by atoms with Crippen LogP contribution in [0.2, 0.25) is 0 Å². The van der Waals surface area contributed by atoms with Crippen molar-refractivity contribution in [2.24, 2.45) is 5.92 Å². The predicted molar refractivity (Wildman–Crippen MR) is 74.6 cm³/mol. The molecule has 1 unspecified atom stereocenters. The van der Waals surface area contributed by atoms with Gasteiger partial charge in [-0.25, -0.2) is 4.98 Å². The number of nitrogens with one attached hydrogen (secondary N) is 1. The van der Waals surface area contributed by atoms with Crippen molar-refractivity contribution in [2.75, 3.05) is 19.6 Å². The van der Waals surface area contributed by atoms with Crippen LogP contribution in [0.5, 0.6) is 0 Å². The van der Waals surface area contributed by atoms with E-state index in [-0.39, 0.29) is 5.91 Å². The van der Waals surface area contributed by atoms with Gasteiger partial charge in [0.05, 0.1) is 6.54 Å². The average Bonchev–Trinajstić information content (AvgIpc) is 2.84. The van der Waals surface area contributed by atoms with Crippen molar-refractivity contribution >= 4 is 5.91 Å². The maximum atomic E-state index is 11.0. The van der Waals surface area contributed by atoms with E-state index in [0.717, 1.165) is 38.5 Å². The Kier molecular flexibility index (Phi) is 4.96. The normalized spacial score (nSPS) is 20.4. The van der Waals surface area contributed by atoms with E-state index in [1.165, 1.54) is 12.8 Å². The molecule has 0 aromatic carbocycles. The average molecular weight is 264 g/mol. The van der Waals surface area contributed by atoms with Gasteiger partial charge in [-0.3, -0.25) is 9.69 Å². The summed E-state index contributed by atoms with van der Waals surface area (Å²) < 4.78 is 2.19. The number of carbonyl (C=O) groups is 1. The van der Waals surface area contributed by atoms with Gasteiger partial charge in [0.15, 0.2) is 0 Å². The Morgan fingerprint density at radius 3 is 3.16 bits per heavy atom. The number of rotatable bonds is 5. The molecule has 1 saturated heterocycles. The number of hydrogen-bond donors (Lipinski definition) is 1. The molecule has 1 atom stereocenters. The van der Waals surface area contributed by atoms with Crippen molar-refractivity contribution in [1.29, 1.82) is 0 Å². The van der Waals surface area contributed by atoms with Crippen LogP contribution in [0.15, 0.2) is 12.4 Å². The molecular formula is C14H24N4O. The molecule has 2 heterocycles. The SMILES string of the molecule is CCn1ccnc1CN1CCCC(CNC(C)=O)C1. The molecule has 19 heavy (non-hydrogen) atoms. The summed E-state index contributed by atoms with van der Waals surface area (Å²) in [5.41, 5.74) is 0. The summed E-state index contributed by atoms with van der Waals surface area (Å²) >= 11 is 0. The first kappa shape index (κ1) is 14.1. The van der Waals surface area contributed by atoms with Crippen molar-refractivity contribution in [3.63, 3.8) is 0 Å². The van der Waals surface area contributed by atoms with Crippen LogP contribution in [0.3, 0.4) is 0 Å². The summed E-state index contributed by atoms with van der Waals surface area (Å²) in [5.74, 6) is 1.78. The zero-order valence-corrected chi connectivity index (χ0v) is 11.9. The van der Waals surface area contributed by atoms with Gasteiger partial charge in [0, 0.05) is 39.0 Å². The fourth-order valence-electron chi connectivity index (χ4n) is 2.73. The molecule has 0 radical (unpaired) electrons. The Labute approximate surface area is 115 Å². The highest BCUT2D eigenvalue weighted by molar-refractivity contribution is 5.72. The molecule has 1 fully saturated rings. The molecule has 1 N–H and O–H groups in total. The van der Waals surface area contributed by atoms with Crippen LogP contribution >= 0.6 is 0 Å². The zero-order chi connectivity index (χ0) is 13.7. The molecule has 1 aromatic heterocycles. The van der Waals surface area contributed by atoms with Gasteiger partial charge in [-0.15, -0.1) is 0 Å². The van der Waals surface area contributed by atoms with Gasteiger partial charge in [-0.2, -0.15) is 0 Å². The third-order valence-corrected chi connectivity index (χ3v) is 3.75. The lowest BCUT2D eigenvalue weighted by molar-refractivity contribution is -0.119. The number of hydrogen-bond acceptors (Lipinski definition) is 3. The van der Waals surface area contributed by atoms with Gasteiger partial charge >= 0.3 is 0 Å². The molecular weight excluding hydrogens is 240 g/mol. The van der Waals surface area contributed by atoms with E-state index in [4.69, 9.17) is 0 Å². The first-order valence-electron chi connectivity index (χ1n) is 7.15. The lowest BCUT2D eigenvalue weighted by atomic mass is 9.98. The number of amides is 1. The Morgan fingerprint density at radius 2 is 2.42 bits per heavy atom. The summed E-state index contributed by atoms with van der Waals surface area (Å²) in [6.07, 6.45) is 6.32. The summed E-state index contributed by atoms with van der Waals surface area (Å²) in [5, 5.41) is 2.93. The number of nitrogens with zero attached hydrogens (tertiary/aromatic N) is 3. The molecule has 0 saturated carbocycles. The second-order valence-electron chi connectivity index (χ2n) is 5.31. The van der Waals surface area contributed by atoms with Crippen LogP contribution in [0, 0.1) is 5.92 Å². The molecule has 0 bridgehead atoms. The highest BCUT2D eigenvalue weighted by Crippen LogP contribution is 2.17. The molecule has 1 aliphatic heterocycles. The van der Waals surface area contributed by atoms with E-state index in [0.29, 0.717) is 5.92 Å². The lowest BCUT2D eigenvalue weighted by Crippen LogP contribution is -2.40. The van der Waals surface area contributed by atoms with E-state index in [1.807, 2.05) is 12.4 Å². The van der Waals surface area contributed by atoms with Crippen LogP contribution in [0.4, 0.5) is 0 Å². The Morgan fingerprint density at radius 1 is 1.58 bits per heavy atom. The maximum Gasteiger partial charge on any atom is 0.216 e. The minimum absolute atomic E-state index is 0.0682. The number of likely N-dealkylation sites (tertiary alicyclic amines) is 1. The van der Waals surface area contributed by atoms with Crippen molar-refractivity contribution in [3.8, 4) is 0 Å². The fraction of sp³-hybridized carbons (Fsp3) is 0.714. The summed E-state index contributed by atoms with van der Waals surface area (Å²) in [6.45, 7) is 8.59. The fourth-order valence-corrected chi connectivity index (χ4v) is 2.73. The van der Waals surface area contributed by atoms with Crippen LogP contribution in [0.1, 0.15) is 32.5 Å². The molecule has 0 aliphatic carbocycles. The Balaban J connectivity index is 1.85. The monoisotopic (exact) mass is 264 g/mol. The largest absolute Gasteiger partial charge is 0.356 e. The first-order valence-corrected chi connectivity index (χ1v) is 7.15. The first-order chi connectivity index (χ1) is 9.19. The number of imidazole rings is 1. The van der Waals surface area contributed by atoms with Crippen molar-refractivity contribution in [1.82, 2.24) is 19.8 Å². The van der Waals surface area contributed by atoms with Gasteiger partial charge in [-0.05, 0) is 32.2 Å². The lowest BCUT2D eigenvalue weighted by Gasteiger charge is -2.32. The standard InChI is InChI=1S/C14H24N4O/c1-3-18-8-6-15-14(18)11-17-7-4-5-13(10-17)9-16-12(2)19/h6,8,13H,3-5,7,9-11H2,1-2H3,(H,16,19). The van der Waals surface area contributed by atoms with Gasteiger partial charge < -0.3 is 9.88 Å². The number of carbonyl (C=O) groups excluding carboxylic acids is 1. The minimum Gasteiger partial charge on any atom is -0.356 e. The number of aromatic nitrogens is 2. The Bertz CT molecular complexity index is 415. The molecule has 1 aromatic rings. The van der Waals surface area contributed by atoms with E-state index in [1.54, 1.807) is 6.92 Å². The zero-order valence-electron chi connectivity index (χ0n) is 11.9. The quantitative estimate of drug-likeness (QED) is 0.871. The van der Waals surface area contributed by atoms with E-state index in [2.05, 4.69) is 26.7 Å². The molecule has 0 spiro atoms. The predicted octanol–water partition coefficient (Wildman–Crippen LogP) is 1.25. The summed E-state index contributed by atoms with van der Waals surface area (Å²) in [6, 6.07) is 0. The second kappa shape index (κ2) is 6.70. The van der Waals surface area contributed by atoms with E-state index in [9.17, 15) is 4.79 Å². The van der Waals surface area contributed by atoms with Crippen molar-refractivity contribution in [2.45, 2.75) is 39.8 Å². The van der Waals surface area contributed by atoms with Crippen molar-refractivity contribution < 1.29 is 4.79 Å². The highest BCUT2D eigenvalue weighted by atomic mass is 16.1. The number of piperidine rings is 1. The maximum absolute atomic E-state index is 11.0. The molecule has 2 rings (SSSR count). The van der Waals surface area contributed by atoms with Gasteiger partial charge in [0.25, 0.3) is 0 Å². The summed E-state index contributed by atoms with van der Waals surface area (Å²) in [4.78, 5) is 17.9. The third-order valence-electron chi connectivity index (χ3n) is 3.75. The Hall–Kier alpha value is -1.36. The minimum atomic E-state index is 0.0682. The number of aryl methyl sites for hydroxylation is 1. The van der Waals surface area contributed by atoms with Gasteiger partial charge in [0.1, 0.15) is 5.82 Å². The highest BCUT2D eigenvalue weighted by Gasteiger charge is 2.21. The van der Waals surface area contributed by atoms with Gasteiger partial charge in [-0.1, -0.05) is 0 Å². The van der Waals surface area contributed by atoms with Crippen molar-refractivity contribution in [3.05, 3.63) is 18.2 Å². The molecule has 1 amide bonds. The van der Waals surface area contributed by atoms with Crippen LogP contribution < -0.4 is 5.32 Å². The molecule has 1 aliphatic rings. The third kappa shape index (κ3) is 4.06. The second-order valence-corrected chi connectivity index (χ2v) is 5.31. The topological polar surface area (TPSA) is 50.2 Å². The van der Waals surface area contributed by atoms with Crippen LogP contribution in [-0.2, 0) is 17.9 Å². The van der Waals surface area contributed by atoms with Crippen LogP contribution in [-0.4, -0.2) is 40.0 Å². The molecule has 5 nitrogen and oxygen atoms in total. The van der Waals surface area contributed by atoms with Gasteiger partial charge in [0.2, 0.25) is 5.91 Å².